The lowest BCUT2D eigenvalue weighted by Crippen LogP contribution is -2.17. The predicted octanol–water partition coefficient (Wildman–Crippen LogP) is 4.46. The molecule has 0 aromatic heterocycles. The van der Waals surface area contributed by atoms with Crippen LogP contribution in [0, 0.1) is 0 Å². The minimum absolute atomic E-state index is 0.176. The van der Waals surface area contributed by atoms with Crippen molar-refractivity contribution in [2.45, 2.75) is 12.5 Å². The Kier molecular flexibility index (Phi) is 4.15. The van der Waals surface area contributed by atoms with Gasteiger partial charge >= 0.3 is 0 Å². The second-order valence-corrected chi connectivity index (χ2v) is 6.72. The first-order chi connectivity index (χ1) is 9.67. The third-order valence-corrected chi connectivity index (χ3v) is 4.47. The number of hydrogen-bond acceptors (Lipinski definition) is 2. The highest BCUT2D eigenvalue weighted by Gasteiger charge is 2.17. The summed E-state index contributed by atoms with van der Waals surface area (Å²) in [4.78, 5) is 0. The molecule has 1 atom stereocenters. The molecule has 1 heterocycles. The van der Waals surface area contributed by atoms with Crippen molar-refractivity contribution < 1.29 is 4.74 Å². The van der Waals surface area contributed by atoms with Crippen molar-refractivity contribution in [2.24, 2.45) is 0 Å². The van der Waals surface area contributed by atoms with E-state index < -0.39 is 0 Å². The first kappa shape index (κ1) is 14.1. The summed E-state index contributed by atoms with van der Waals surface area (Å²) >= 11 is 7.11. The largest absolute Gasteiger partial charge is 0.493 e. The summed E-state index contributed by atoms with van der Waals surface area (Å²) in [7, 11) is 1.99. The van der Waals surface area contributed by atoms with Crippen LogP contribution in [0.1, 0.15) is 22.7 Å². The van der Waals surface area contributed by atoms with Gasteiger partial charge in [-0.05, 0) is 48.0 Å². The zero-order valence-corrected chi connectivity index (χ0v) is 14.3. The SMILES string of the molecule is CNC(c1cc(Br)cc(Br)c1)c1ccc2c(c1)CCO2. The van der Waals surface area contributed by atoms with Gasteiger partial charge in [0, 0.05) is 15.4 Å². The molecule has 0 bridgehead atoms. The standard InChI is InChI=1S/C16H15Br2NO/c1-19-16(12-7-13(17)9-14(18)8-12)11-2-3-15-10(6-11)4-5-20-15/h2-3,6-9,16,19H,4-5H2,1H3. The molecule has 0 radical (unpaired) electrons. The minimum atomic E-state index is 0.176. The average molecular weight is 397 g/mol. The molecule has 2 aromatic carbocycles. The fraction of sp³-hybridized carbons (Fsp3) is 0.250. The van der Waals surface area contributed by atoms with Gasteiger partial charge in [-0.2, -0.15) is 0 Å². The van der Waals surface area contributed by atoms with E-state index in [4.69, 9.17) is 4.74 Å². The molecule has 0 saturated carbocycles. The lowest BCUT2D eigenvalue weighted by molar-refractivity contribution is 0.357. The van der Waals surface area contributed by atoms with Crippen LogP contribution in [0.2, 0.25) is 0 Å². The van der Waals surface area contributed by atoms with Crippen LogP contribution in [0.3, 0.4) is 0 Å². The lowest BCUT2D eigenvalue weighted by atomic mass is 9.96. The Labute approximate surface area is 135 Å². The van der Waals surface area contributed by atoms with Crippen LogP contribution >= 0.6 is 31.9 Å². The van der Waals surface area contributed by atoms with E-state index in [-0.39, 0.29) is 6.04 Å². The molecule has 0 fully saturated rings. The highest BCUT2D eigenvalue weighted by atomic mass is 79.9. The number of fused-ring (bicyclic) bond motifs is 1. The third-order valence-electron chi connectivity index (χ3n) is 3.55. The third kappa shape index (κ3) is 2.78. The summed E-state index contributed by atoms with van der Waals surface area (Å²) in [5, 5.41) is 3.40. The van der Waals surface area contributed by atoms with Crippen LogP contribution in [0.4, 0.5) is 0 Å². The molecule has 1 N–H and O–H groups in total. The van der Waals surface area contributed by atoms with Crippen LogP contribution in [0.5, 0.6) is 5.75 Å². The van der Waals surface area contributed by atoms with Crippen molar-refractivity contribution in [3.8, 4) is 5.75 Å². The fourth-order valence-electron chi connectivity index (χ4n) is 2.65. The number of rotatable bonds is 3. The molecule has 0 aliphatic carbocycles. The van der Waals surface area contributed by atoms with Crippen LogP contribution < -0.4 is 10.1 Å². The van der Waals surface area contributed by atoms with Crippen molar-refractivity contribution >= 4 is 31.9 Å². The Morgan fingerprint density at radius 2 is 1.80 bits per heavy atom. The number of benzene rings is 2. The van der Waals surface area contributed by atoms with Crippen molar-refractivity contribution in [1.29, 1.82) is 0 Å². The first-order valence-electron chi connectivity index (χ1n) is 6.56. The molecule has 1 aliphatic rings. The molecular formula is C16H15Br2NO. The van der Waals surface area contributed by atoms with E-state index in [1.807, 2.05) is 13.1 Å². The molecule has 104 valence electrons. The molecule has 1 aliphatic heterocycles. The molecule has 20 heavy (non-hydrogen) atoms. The van der Waals surface area contributed by atoms with E-state index in [9.17, 15) is 0 Å². The molecule has 2 aromatic rings. The van der Waals surface area contributed by atoms with E-state index in [0.717, 1.165) is 27.7 Å². The summed E-state index contributed by atoms with van der Waals surface area (Å²) in [6.45, 7) is 0.797. The highest BCUT2D eigenvalue weighted by molar-refractivity contribution is 9.11. The molecule has 2 nitrogen and oxygen atoms in total. The number of hydrogen-bond donors (Lipinski definition) is 1. The van der Waals surface area contributed by atoms with Gasteiger partial charge in [0.15, 0.2) is 0 Å². The Morgan fingerprint density at radius 1 is 1.05 bits per heavy atom. The van der Waals surface area contributed by atoms with E-state index in [1.54, 1.807) is 0 Å². The maximum absolute atomic E-state index is 5.58. The van der Waals surface area contributed by atoms with Gasteiger partial charge in [-0.3, -0.25) is 0 Å². The van der Waals surface area contributed by atoms with Crippen molar-refractivity contribution in [1.82, 2.24) is 5.32 Å². The molecule has 4 heteroatoms. The lowest BCUT2D eigenvalue weighted by Gasteiger charge is -2.19. The van der Waals surface area contributed by atoms with Crippen LogP contribution in [-0.4, -0.2) is 13.7 Å². The van der Waals surface area contributed by atoms with Gasteiger partial charge in [0.1, 0.15) is 5.75 Å². The maximum Gasteiger partial charge on any atom is 0.122 e. The Morgan fingerprint density at radius 3 is 2.50 bits per heavy atom. The molecule has 3 rings (SSSR count). The quantitative estimate of drug-likeness (QED) is 0.827. The predicted molar refractivity (Wildman–Crippen MR) is 88.4 cm³/mol. The normalized spacial score (nSPS) is 14.8. The van der Waals surface area contributed by atoms with Gasteiger partial charge in [0.05, 0.1) is 12.6 Å². The van der Waals surface area contributed by atoms with Gasteiger partial charge in [-0.1, -0.05) is 44.0 Å². The average Bonchev–Trinajstić information content (AvgIpc) is 2.86. The van der Waals surface area contributed by atoms with E-state index in [2.05, 4.69) is 67.5 Å². The number of halogens is 2. The second kappa shape index (κ2) is 5.88. The molecule has 0 spiro atoms. The highest BCUT2D eigenvalue weighted by Crippen LogP contribution is 2.32. The molecule has 1 unspecified atom stereocenters. The summed E-state index contributed by atoms with van der Waals surface area (Å²) in [5.74, 6) is 1.03. The van der Waals surface area contributed by atoms with Gasteiger partial charge < -0.3 is 10.1 Å². The van der Waals surface area contributed by atoms with Crippen molar-refractivity contribution in [3.05, 3.63) is 62.0 Å². The van der Waals surface area contributed by atoms with E-state index in [1.165, 1.54) is 16.7 Å². The first-order valence-corrected chi connectivity index (χ1v) is 8.15. The Bertz CT molecular complexity index is 622. The zero-order chi connectivity index (χ0) is 14.1. The van der Waals surface area contributed by atoms with Gasteiger partial charge in [0.25, 0.3) is 0 Å². The fourth-order valence-corrected chi connectivity index (χ4v) is 3.98. The minimum Gasteiger partial charge on any atom is -0.493 e. The van der Waals surface area contributed by atoms with E-state index >= 15 is 0 Å². The summed E-state index contributed by atoms with van der Waals surface area (Å²) < 4.78 is 7.73. The second-order valence-electron chi connectivity index (χ2n) is 4.89. The van der Waals surface area contributed by atoms with Crippen molar-refractivity contribution in [3.63, 3.8) is 0 Å². The summed E-state index contributed by atoms with van der Waals surface area (Å²) in [5.41, 5.74) is 3.80. The van der Waals surface area contributed by atoms with Crippen LogP contribution in [0.15, 0.2) is 45.3 Å². The zero-order valence-electron chi connectivity index (χ0n) is 11.1. The topological polar surface area (TPSA) is 21.3 Å². The molecule has 0 amide bonds. The van der Waals surface area contributed by atoms with Gasteiger partial charge in [-0.25, -0.2) is 0 Å². The number of ether oxygens (including phenoxy) is 1. The maximum atomic E-state index is 5.58. The Balaban J connectivity index is 2.01. The van der Waals surface area contributed by atoms with Crippen LogP contribution in [-0.2, 0) is 6.42 Å². The Hall–Kier alpha value is -0.840. The smallest absolute Gasteiger partial charge is 0.122 e. The summed E-state index contributed by atoms with van der Waals surface area (Å²) in [6.07, 6.45) is 1.00. The van der Waals surface area contributed by atoms with Crippen molar-refractivity contribution in [2.75, 3.05) is 13.7 Å². The summed E-state index contributed by atoms with van der Waals surface area (Å²) in [6, 6.07) is 13.0. The molecule has 0 saturated heterocycles. The monoisotopic (exact) mass is 395 g/mol. The van der Waals surface area contributed by atoms with Gasteiger partial charge in [0.2, 0.25) is 0 Å². The van der Waals surface area contributed by atoms with Crippen LogP contribution in [0.25, 0.3) is 0 Å². The van der Waals surface area contributed by atoms with E-state index in [0.29, 0.717) is 0 Å². The molecular weight excluding hydrogens is 382 g/mol. The van der Waals surface area contributed by atoms with Gasteiger partial charge in [-0.15, -0.1) is 0 Å². The number of nitrogens with one attached hydrogen (secondary N) is 1.